The lowest BCUT2D eigenvalue weighted by atomic mass is 10.1. The van der Waals surface area contributed by atoms with Crippen LogP contribution in [0.2, 0.25) is 0 Å². The minimum absolute atomic E-state index is 0.0110. The predicted octanol–water partition coefficient (Wildman–Crippen LogP) is 2.46. The zero-order chi connectivity index (χ0) is 16.4. The molecule has 1 aliphatic rings. The number of piperazine rings is 1. The first-order valence-corrected chi connectivity index (χ1v) is 7.35. The van der Waals surface area contributed by atoms with Crippen LogP contribution in [0, 0.1) is 29.9 Å². The summed E-state index contributed by atoms with van der Waals surface area (Å²) in [7, 11) is 0. The normalized spacial score (nSPS) is 15.7. The van der Waals surface area contributed by atoms with Crippen molar-refractivity contribution in [3.8, 4) is 6.07 Å². The van der Waals surface area contributed by atoms with Gasteiger partial charge in [0.05, 0.1) is 23.9 Å². The van der Waals surface area contributed by atoms with Crippen LogP contribution in [0.15, 0.2) is 22.7 Å². The molecule has 1 aliphatic heterocycles. The molecule has 23 heavy (non-hydrogen) atoms. The summed E-state index contributed by atoms with van der Waals surface area (Å²) >= 11 is 0. The summed E-state index contributed by atoms with van der Waals surface area (Å²) < 4.78 is 33.3. The highest BCUT2D eigenvalue weighted by atomic mass is 19.1. The number of anilines is 1. The Morgan fingerprint density at radius 2 is 1.83 bits per heavy atom. The van der Waals surface area contributed by atoms with Gasteiger partial charge in [-0.3, -0.25) is 4.90 Å². The molecule has 5 nitrogen and oxygen atoms in total. The smallest absolute Gasteiger partial charge is 0.150 e. The lowest BCUT2D eigenvalue weighted by molar-refractivity contribution is 0.218. The van der Waals surface area contributed by atoms with Crippen LogP contribution in [-0.4, -0.2) is 36.2 Å². The second kappa shape index (κ2) is 6.34. The molecule has 1 fully saturated rings. The maximum absolute atomic E-state index is 14.1. The Labute approximate surface area is 132 Å². The lowest BCUT2D eigenvalue weighted by Gasteiger charge is -2.35. The van der Waals surface area contributed by atoms with Gasteiger partial charge in [0, 0.05) is 32.2 Å². The molecule has 0 saturated carbocycles. The third-order valence-corrected chi connectivity index (χ3v) is 3.89. The standard InChI is InChI=1S/C16H16F2N4O/c1-11-6-13(23-20-11)10-21-2-4-22(5-3-21)16-14(17)7-12(9-19)8-15(16)18/h6-8H,2-5,10H2,1H3. The molecule has 7 heteroatoms. The molecule has 0 spiro atoms. The van der Waals surface area contributed by atoms with Crippen molar-refractivity contribution in [1.82, 2.24) is 10.1 Å². The Bertz CT molecular complexity index is 722. The number of hydrogen-bond donors (Lipinski definition) is 0. The van der Waals surface area contributed by atoms with E-state index in [9.17, 15) is 8.78 Å². The highest BCUT2D eigenvalue weighted by Crippen LogP contribution is 2.26. The Morgan fingerprint density at radius 1 is 1.17 bits per heavy atom. The fourth-order valence-electron chi connectivity index (χ4n) is 2.77. The van der Waals surface area contributed by atoms with Crippen LogP contribution < -0.4 is 4.90 Å². The molecule has 0 amide bonds. The van der Waals surface area contributed by atoms with Crippen molar-refractivity contribution < 1.29 is 13.3 Å². The highest BCUT2D eigenvalue weighted by molar-refractivity contribution is 5.53. The molecule has 0 N–H and O–H groups in total. The molecule has 3 rings (SSSR count). The van der Waals surface area contributed by atoms with Gasteiger partial charge in [-0.1, -0.05) is 5.16 Å². The fraction of sp³-hybridized carbons (Fsp3) is 0.375. The molecular weight excluding hydrogens is 302 g/mol. The van der Waals surface area contributed by atoms with Crippen molar-refractivity contribution >= 4 is 5.69 Å². The Balaban J connectivity index is 1.66. The van der Waals surface area contributed by atoms with Crippen LogP contribution in [0.5, 0.6) is 0 Å². The van der Waals surface area contributed by atoms with Crippen LogP contribution in [0.4, 0.5) is 14.5 Å². The van der Waals surface area contributed by atoms with Crippen molar-refractivity contribution in [3.05, 3.63) is 46.9 Å². The molecule has 0 unspecified atom stereocenters. The summed E-state index contributed by atoms with van der Waals surface area (Å²) in [6.45, 7) is 4.84. The molecule has 1 saturated heterocycles. The first-order chi connectivity index (χ1) is 11.1. The van der Waals surface area contributed by atoms with Gasteiger partial charge in [0.15, 0.2) is 17.4 Å². The van der Waals surface area contributed by atoms with Gasteiger partial charge in [0.2, 0.25) is 0 Å². The molecule has 1 aromatic carbocycles. The number of aryl methyl sites for hydroxylation is 1. The highest BCUT2D eigenvalue weighted by Gasteiger charge is 2.23. The molecule has 120 valence electrons. The van der Waals surface area contributed by atoms with Gasteiger partial charge in [0.1, 0.15) is 5.69 Å². The van der Waals surface area contributed by atoms with Gasteiger partial charge in [-0.2, -0.15) is 5.26 Å². The van der Waals surface area contributed by atoms with E-state index in [-0.39, 0.29) is 11.3 Å². The molecule has 1 aromatic heterocycles. The average molecular weight is 318 g/mol. The zero-order valence-corrected chi connectivity index (χ0v) is 12.7. The molecule has 0 atom stereocenters. The van der Waals surface area contributed by atoms with Crippen LogP contribution in [0.25, 0.3) is 0 Å². The van der Waals surface area contributed by atoms with Gasteiger partial charge in [-0.25, -0.2) is 8.78 Å². The van der Waals surface area contributed by atoms with Gasteiger partial charge < -0.3 is 9.42 Å². The largest absolute Gasteiger partial charge is 0.364 e. The van der Waals surface area contributed by atoms with E-state index in [1.54, 1.807) is 11.0 Å². The monoisotopic (exact) mass is 318 g/mol. The number of nitrogens with zero attached hydrogens (tertiary/aromatic N) is 4. The van der Waals surface area contributed by atoms with Crippen molar-refractivity contribution in [2.24, 2.45) is 0 Å². The van der Waals surface area contributed by atoms with Gasteiger partial charge in [0.25, 0.3) is 0 Å². The summed E-state index contributed by atoms with van der Waals surface area (Å²) in [6.07, 6.45) is 0. The summed E-state index contributed by atoms with van der Waals surface area (Å²) in [5.41, 5.74) is 0.766. The number of aromatic nitrogens is 1. The van der Waals surface area contributed by atoms with Crippen molar-refractivity contribution in [2.75, 3.05) is 31.1 Å². The minimum Gasteiger partial charge on any atom is -0.364 e. The number of benzene rings is 1. The zero-order valence-electron chi connectivity index (χ0n) is 12.7. The third kappa shape index (κ3) is 3.32. The Hall–Kier alpha value is -2.46. The molecule has 0 radical (unpaired) electrons. The van der Waals surface area contributed by atoms with Gasteiger partial charge in [-0.05, 0) is 19.1 Å². The summed E-state index contributed by atoms with van der Waals surface area (Å²) in [6, 6.07) is 5.78. The molecule has 0 aliphatic carbocycles. The Morgan fingerprint density at radius 3 is 2.35 bits per heavy atom. The SMILES string of the molecule is Cc1cc(CN2CCN(c3c(F)cc(C#N)cc3F)CC2)on1. The van der Waals surface area contributed by atoms with Crippen LogP contribution in [0.1, 0.15) is 17.0 Å². The van der Waals surface area contributed by atoms with Crippen LogP contribution >= 0.6 is 0 Å². The van der Waals surface area contributed by atoms with Gasteiger partial charge in [-0.15, -0.1) is 0 Å². The second-order valence-corrected chi connectivity index (χ2v) is 5.60. The summed E-state index contributed by atoms with van der Waals surface area (Å²) in [4.78, 5) is 3.82. The number of hydrogen-bond acceptors (Lipinski definition) is 5. The summed E-state index contributed by atoms with van der Waals surface area (Å²) in [5, 5.41) is 12.6. The molecule has 2 aromatic rings. The second-order valence-electron chi connectivity index (χ2n) is 5.60. The van der Waals surface area contributed by atoms with E-state index < -0.39 is 11.6 Å². The maximum atomic E-state index is 14.1. The Kier molecular flexibility index (Phi) is 4.26. The van der Waals surface area contributed by atoms with Crippen LogP contribution in [0.3, 0.4) is 0 Å². The fourth-order valence-corrected chi connectivity index (χ4v) is 2.77. The summed E-state index contributed by atoms with van der Waals surface area (Å²) in [5.74, 6) is -0.603. The average Bonchev–Trinajstić information content (AvgIpc) is 2.93. The topological polar surface area (TPSA) is 56.3 Å². The van der Waals surface area contributed by atoms with E-state index >= 15 is 0 Å². The minimum atomic E-state index is -0.694. The van der Waals surface area contributed by atoms with E-state index in [0.29, 0.717) is 32.7 Å². The molecule has 2 heterocycles. The lowest BCUT2D eigenvalue weighted by Crippen LogP contribution is -2.46. The van der Waals surface area contributed by atoms with E-state index in [2.05, 4.69) is 10.1 Å². The van der Waals surface area contributed by atoms with E-state index in [1.165, 1.54) is 0 Å². The predicted molar refractivity (Wildman–Crippen MR) is 79.8 cm³/mol. The van der Waals surface area contributed by atoms with Crippen LogP contribution in [-0.2, 0) is 6.54 Å². The van der Waals surface area contributed by atoms with E-state index in [1.807, 2.05) is 13.0 Å². The van der Waals surface area contributed by atoms with Crippen molar-refractivity contribution in [3.63, 3.8) is 0 Å². The first-order valence-electron chi connectivity index (χ1n) is 7.35. The van der Waals surface area contributed by atoms with E-state index in [4.69, 9.17) is 9.78 Å². The molecular formula is C16H16F2N4O. The quantitative estimate of drug-likeness (QED) is 0.870. The first kappa shape index (κ1) is 15.4. The molecule has 0 bridgehead atoms. The number of nitriles is 1. The maximum Gasteiger partial charge on any atom is 0.150 e. The van der Waals surface area contributed by atoms with Crippen molar-refractivity contribution in [1.29, 1.82) is 5.26 Å². The van der Waals surface area contributed by atoms with E-state index in [0.717, 1.165) is 23.6 Å². The third-order valence-electron chi connectivity index (χ3n) is 3.89. The number of rotatable bonds is 3. The number of halogens is 2. The van der Waals surface area contributed by atoms with Crippen molar-refractivity contribution in [2.45, 2.75) is 13.5 Å². The van der Waals surface area contributed by atoms with Gasteiger partial charge >= 0.3 is 0 Å².